The van der Waals surface area contributed by atoms with Gasteiger partial charge in [-0.25, -0.2) is 0 Å². The minimum Gasteiger partial charge on any atom is -0.375 e. The fourth-order valence-electron chi connectivity index (χ4n) is 3.33. The molecule has 19 heavy (non-hydrogen) atoms. The van der Waals surface area contributed by atoms with Gasteiger partial charge in [-0.15, -0.1) is 0 Å². The van der Waals surface area contributed by atoms with E-state index < -0.39 is 0 Å². The molecule has 5 heteroatoms. The Kier molecular flexibility index (Phi) is 4.81. The van der Waals surface area contributed by atoms with Gasteiger partial charge in [-0.2, -0.15) is 0 Å². The van der Waals surface area contributed by atoms with E-state index in [1.54, 1.807) is 4.90 Å². The van der Waals surface area contributed by atoms with Crippen LogP contribution in [-0.4, -0.2) is 73.7 Å². The maximum Gasteiger partial charge on any atom is 0.240 e. The number of hydrogen-bond donors (Lipinski definition) is 1. The lowest BCUT2D eigenvalue weighted by atomic mass is 9.95. The zero-order valence-corrected chi connectivity index (χ0v) is 12.6. The molecular formula is C14H27N3O2. The van der Waals surface area contributed by atoms with Crippen LogP contribution in [0.25, 0.3) is 0 Å². The van der Waals surface area contributed by atoms with E-state index in [9.17, 15) is 4.79 Å². The Morgan fingerprint density at radius 3 is 2.47 bits per heavy atom. The van der Waals surface area contributed by atoms with Gasteiger partial charge < -0.3 is 15.0 Å². The van der Waals surface area contributed by atoms with Gasteiger partial charge in [-0.1, -0.05) is 0 Å². The van der Waals surface area contributed by atoms with E-state index in [0.29, 0.717) is 18.2 Å². The third-order valence-corrected chi connectivity index (χ3v) is 4.15. The number of nitrogens with zero attached hydrogens (tertiary/aromatic N) is 2. The Hall–Kier alpha value is -0.650. The van der Waals surface area contributed by atoms with Gasteiger partial charge in [0.2, 0.25) is 5.91 Å². The first kappa shape index (κ1) is 14.8. The minimum absolute atomic E-state index is 0.0220. The van der Waals surface area contributed by atoms with Crippen molar-refractivity contribution in [1.29, 1.82) is 0 Å². The Labute approximate surface area is 116 Å². The number of ether oxygens (including phenoxy) is 1. The summed E-state index contributed by atoms with van der Waals surface area (Å²) >= 11 is 0. The number of hydrogen-bond acceptors (Lipinski definition) is 4. The molecule has 0 aromatic heterocycles. The molecule has 1 amide bonds. The predicted octanol–water partition coefficient (Wildman–Crippen LogP) is 0.304. The Bertz CT molecular complexity index is 312. The molecule has 0 radical (unpaired) electrons. The molecule has 2 fully saturated rings. The van der Waals surface area contributed by atoms with Crippen molar-refractivity contribution in [2.45, 2.75) is 51.0 Å². The molecule has 0 saturated carbocycles. The van der Waals surface area contributed by atoms with Gasteiger partial charge in [0.25, 0.3) is 0 Å². The molecule has 1 N–H and O–H groups in total. The monoisotopic (exact) mass is 269 g/mol. The lowest BCUT2D eigenvalue weighted by molar-refractivity contribution is -0.139. The predicted molar refractivity (Wildman–Crippen MR) is 75.1 cm³/mol. The fourth-order valence-corrected chi connectivity index (χ4v) is 3.33. The maximum atomic E-state index is 12.3. The Morgan fingerprint density at radius 2 is 1.89 bits per heavy atom. The first-order valence-electron chi connectivity index (χ1n) is 7.32. The fraction of sp³-hybridized carbons (Fsp3) is 0.929. The van der Waals surface area contributed by atoms with Crippen molar-refractivity contribution >= 4 is 5.91 Å². The van der Waals surface area contributed by atoms with Crippen LogP contribution in [0.15, 0.2) is 0 Å². The summed E-state index contributed by atoms with van der Waals surface area (Å²) in [5.41, 5.74) is 0. The largest absolute Gasteiger partial charge is 0.375 e. The topological polar surface area (TPSA) is 44.8 Å². The Morgan fingerprint density at radius 1 is 1.26 bits per heavy atom. The summed E-state index contributed by atoms with van der Waals surface area (Å²) in [7, 11) is 3.68. The molecular weight excluding hydrogens is 242 g/mol. The first-order valence-corrected chi connectivity index (χ1v) is 7.32. The lowest BCUT2D eigenvalue weighted by Crippen LogP contribution is -2.62. The molecule has 0 aromatic carbocycles. The highest BCUT2D eigenvalue weighted by atomic mass is 16.5. The second kappa shape index (κ2) is 6.20. The van der Waals surface area contributed by atoms with Crippen LogP contribution in [0.1, 0.15) is 26.7 Å². The highest BCUT2D eigenvalue weighted by Crippen LogP contribution is 2.26. The van der Waals surface area contributed by atoms with Crippen molar-refractivity contribution in [3.8, 4) is 0 Å². The summed E-state index contributed by atoms with van der Waals surface area (Å²) in [6.45, 7) is 6.95. The second-order valence-electron chi connectivity index (χ2n) is 6.07. The molecule has 0 spiro atoms. The van der Waals surface area contributed by atoms with Crippen LogP contribution in [0.2, 0.25) is 0 Å². The molecule has 0 bridgehead atoms. The van der Waals surface area contributed by atoms with Crippen LogP contribution in [0.4, 0.5) is 0 Å². The number of carbonyl (C=O) groups is 1. The minimum atomic E-state index is -0.0220. The van der Waals surface area contributed by atoms with Gasteiger partial charge in [0.15, 0.2) is 0 Å². The number of piperazine rings is 1. The van der Waals surface area contributed by atoms with Crippen molar-refractivity contribution in [1.82, 2.24) is 15.1 Å². The van der Waals surface area contributed by atoms with Gasteiger partial charge in [-0.3, -0.25) is 9.69 Å². The van der Waals surface area contributed by atoms with E-state index >= 15 is 0 Å². The number of rotatable bonds is 2. The van der Waals surface area contributed by atoms with E-state index in [1.807, 2.05) is 14.1 Å². The van der Waals surface area contributed by atoms with Crippen LogP contribution >= 0.6 is 0 Å². The maximum absolute atomic E-state index is 12.3. The van der Waals surface area contributed by atoms with E-state index in [-0.39, 0.29) is 11.9 Å². The zero-order chi connectivity index (χ0) is 14.0. The average Bonchev–Trinajstić information content (AvgIpc) is 2.36. The second-order valence-corrected chi connectivity index (χ2v) is 6.07. The zero-order valence-electron chi connectivity index (χ0n) is 12.6. The quantitative estimate of drug-likeness (QED) is 0.783. The van der Waals surface area contributed by atoms with Crippen LogP contribution < -0.4 is 5.32 Å². The van der Waals surface area contributed by atoms with Crippen molar-refractivity contribution in [2.75, 3.05) is 33.7 Å². The number of nitrogens with one attached hydrogen (secondary N) is 1. The van der Waals surface area contributed by atoms with Gasteiger partial charge in [0.05, 0.1) is 12.2 Å². The number of likely N-dealkylation sites (N-methyl/N-ethyl adjacent to an activating group) is 1. The normalized spacial score (nSPS) is 37.1. The van der Waals surface area contributed by atoms with Crippen LogP contribution in [0, 0.1) is 0 Å². The van der Waals surface area contributed by atoms with E-state index in [1.165, 1.54) is 0 Å². The molecule has 2 rings (SSSR count). The molecule has 0 aliphatic carbocycles. The van der Waals surface area contributed by atoms with Crippen LogP contribution in [0.3, 0.4) is 0 Å². The third-order valence-electron chi connectivity index (χ3n) is 4.15. The van der Waals surface area contributed by atoms with Gasteiger partial charge in [-0.05, 0) is 26.7 Å². The highest BCUT2D eigenvalue weighted by Gasteiger charge is 2.37. The SMILES string of the molecule is CC1CC(N2CCNCC2C(=O)N(C)C)CC(C)O1. The standard InChI is InChI=1S/C14H27N3O2/c1-10-7-12(8-11(2)19-10)17-6-5-15-9-13(17)14(18)16(3)4/h10-13,15H,5-9H2,1-4H3. The number of carbonyl (C=O) groups excluding carboxylic acids is 1. The van der Waals surface area contributed by atoms with Gasteiger partial charge in [0.1, 0.15) is 6.04 Å². The molecule has 3 atom stereocenters. The molecule has 2 heterocycles. The van der Waals surface area contributed by atoms with Gasteiger partial charge >= 0.3 is 0 Å². The summed E-state index contributed by atoms with van der Waals surface area (Å²) < 4.78 is 5.81. The number of amides is 1. The molecule has 2 aliphatic rings. The summed E-state index contributed by atoms with van der Waals surface area (Å²) in [6.07, 6.45) is 2.64. The van der Waals surface area contributed by atoms with Crippen LogP contribution in [-0.2, 0) is 9.53 Å². The van der Waals surface area contributed by atoms with Crippen molar-refractivity contribution < 1.29 is 9.53 Å². The molecule has 2 saturated heterocycles. The summed E-state index contributed by atoms with van der Waals surface area (Å²) in [4.78, 5) is 16.4. The van der Waals surface area contributed by atoms with E-state index in [0.717, 1.165) is 32.5 Å². The van der Waals surface area contributed by atoms with E-state index in [2.05, 4.69) is 24.1 Å². The van der Waals surface area contributed by atoms with Gasteiger partial charge in [0, 0.05) is 39.8 Å². The summed E-state index contributed by atoms with van der Waals surface area (Å²) in [6, 6.07) is 0.445. The molecule has 2 aliphatic heterocycles. The summed E-state index contributed by atoms with van der Waals surface area (Å²) in [5, 5.41) is 3.34. The van der Waals surface area contributed by atoms with Crippen molar-refractivity contribution in [3.05, 3.63) is 0 Å². The molecule has 5 nitrogen and oxygen atoms in total. The van der Waals surface area contributed by atoms with Crippen LogP contribution in [0.5, 0.6) is 0 Å². The smallest absolute Gasteiger partial charge is 0.240 e. The highest BCUT2D eigenvalue weighted by molar-refractivity contribution is 5.81. The Balaban J connectivity index is 2.08. The lowest BCUT2D eigenvalue weighted by Gasteiger charge is -2.45. The average molecular weight is 269 g/mol. The molecule has 110 valence electrons. The molecule has 0 aromatic rings. The van der Waals surface area contributed by atoms with E-state index in [4.69, 9.17) is 4.74 Å². The van der Waals surface area contributed by atoms with Crippen molar-refractivity contribution in [3.63, 3.8) is 0 Å². The van der Waals surface area contributed by atoms with Crippen molar-refractivity contribution in [2.24, 2.45) is 0 Å². The first-order chi connectivity index (χ1) is 8.99. The molecule has 3 unspecified atom stereocenters. The third kappa shape index (κ3) is 3.46. The summed E-state index contributed by atoms with van der Waals surface area (Å²) in [5.74, 6) is 0.207.